The van der Waals surface area contributed by atoms with E-state index in [9.17, 15) is 9.59 Å². The number of carbonyl (C=O) groups excluding carboxylic acids is 2. The molecule has 5 nitrogen and oxygen atoms in total. The molecule has 138 valence electrons. The first-order valence-corrected chi connectivity index (χ1v) is 9.62. The summed E-state index contributed by atoms with van der Waals surface area (Å²) < 4.78 is 0.968. The molecule has 2 aromatic rings. The second kappa shape index (κ2) is 8.92. The molecule has 2 amide bonds. The highest BCUT2D eigenvalue weighted by Gasteiger charge is 2.43. The number of hydrogen-bond acceptors (Lipinski definition) is 3. The van der Waals surface area contributed by atoms with Crippen molar-refractivity contribution in [3.8, 4) is 0 Å². The molecule has 7 heteroatoms. The summed E-state index contributed by atoms with van der Waals surface area (Å²) in [6, 6.07) is 17.5. The summed E-state index contributed by atoms with van der Waals surface area (Å²) in [7, 11) is 0. The third-order valence-corrected chi connectivity index (χ3v) is 4.92. The molecular formula is C20H18BrN3O2S. The van der Waals surface area contributed by atoms with Crippen LogP contribution in [0, 0.1) is 5.92 Å². The van der Waals surface area contributed by atoms with Gasteiger partial charge in [-0.25, -0.2) is 0 Å². The minimum Gasteiger partial charge on any atom is -0.298 e. The summed E-state index contributed by atoms with van der Waals surface area (Å²) in [5.74, 6) is -0.343. The predicted octanol–water partition coefficient (Wildman–Crippen LogP) is 3.29. The van der Waals surface area contributed by atoms with Gasteiger partial charge in [0.25, 0.3) is 0 Å². The van der Waals surface area contributed by atoms with Crippen LogP contribution in [0.25, 0.3) is 6.08 Å². The van der Waals surface area contributed by atoms with Gasteiger partial charge in [-0.2, -0.15) is 0 Å². The number of nitrogens with one attached hydrogen (secondary N) is 3. The van der Waals surface area contributed by atoms with Crippen molar-refractivity contribution in [1.29, 1.82) is 0 Å². The van der Waals surface area contributed by atoms with Crippen molar-refractivity contribution < 1.29 is 9.59 Å². The van der Waals surface area contributed by atoms with E-state index in [1.165, 1.54) is 6.08 Å². The number of rotatable bonds is 4. The first-order valence-electron chi connectivity index (χ1n) is 8.42. The Bertz CT molecular complexity index is 869. The molecule has 1 fully saturated rings. The fraction of sp³-hybridized carbons (Fsp3) is 0.150. The second-order valence-electron chi connectivity index (χ2n) is 6.18. The van der Waals surface area contributed by atoms with Crippen LogP contribution in [0.5, 0.6) is 0 Å². The molecule has 0 aliphatic heterocycles. The average molecular weight is 444 g/mol. The van der Waals surface area contributed by atoms with Crippen LogP contribution in [0.4, 0.5) is 0 Å². The van der Waals surface area contributed by atoms with E-state index in [1.807, 2.05) is 54.6 Å². The van der Waals surface area contributed by atoms with Gasteiger partial charge in [0.15, 0.2) is 5.11 Å². The van der Waals surface area contributed by atoms with Crippen LogP contribution in [0.2, 0.25) is 0 Å². The quantitative estimate of drug-likeness (QED) is 0.385. The SMILES string of the molecule is O=C(C=Cc1ccc(Br)cc1)NC(=S)NNC(=O)C1CC1c1ccccc1. The number of hydrogen-bond donors (Lipinski definition) is 3. The van der Waals surface area contributed by atoms with Crippen molar-refractivity contribution >= 4 is 51.2 Å². The Kier molecular flexibility index (Phi) is 6.36. The molecule has 0 radical (unpaired) electrons. The first-order chi connectivity index (χ1) is 13.0. The maximum absolute atomic E-state index is 12.2. The van der Waals surface area contributed by atoms with E-state index in [4.69, 9.17) is 12.2 Å². The molecule has 27 heavy (non-hydrogen) atoms. The number of amides is 2. The van der Waals surface area contributed by atoms with E-state index in [0.29, 0.717) is 0 Å². The lowest BCUT2D eigenvalue weighted by Gasteiger charge is -2.09. The highest BCUT2D eigenvalue weighted by molar-refractivity contribution is 9.10. The molecule has 1 aliphatic carbocycles. The highest BCUT2D eigenvalue weighted by atomic mass is 79.9. The molecule has 2 unspecified atom stereocenters. The molecule has 1 saturated carbocycles. The van der Waals surface area contributed by atoms with Crippen molar-refractivity contribution in [2.24, 2.45) is 5.92 Å². The Morgan fingerprint density at radius 2 is 1.74 bits per heavy atom. The monoisotopic (exact) mass is 443 g/mol. The van der Waals surface area contributed by atoms with Gasteiger partial charge in [0.1, 0.15) is 0 Å². The Hall–Kier alpha value is -2.51. The van der Waals surface area contributed by atoms with Gasteiger partial charge in [-0.3, -0.25) is 25.8 Å². The predicted molar refractivity (Wildman–Crippen MR) is 112 cm³/mol. The maximum atomic E-state index is 12.2. The Morgan fingerprint density at radius 3 is 2.44 bits per heavy atom. The van der Waals surface area contributed by atoms with Crippen molar-refractivity contribution in [2.75, 3.05) is 0 Å². The summed E-state index contributed by atoms with van der Waals surface area (Å²) >= 11 is 8.38. The van der Waals surface area contributed by atoms with Gasteiger partial charge in [0.2, 0.25) is 11.8 Å². The molecule has 1 aliphatic rings. The molecule has 3 N–H and O–H groups in total. The molecule has 0 heterocycles. The van der Waals surface area contributed by atoms with Crippen molar-refractivity contribution in [3.05, 3.63) is 76.3 Å². The Labute approximate surface area is 171 Å². The average Bonchev–Trinajstić information content (AvgIpc) is 3.47. The second-order valence-corrected chi connectivity index (χ2v) is 7.50. The van der Waals surface area contributed by atoms with Crippen LogP contribution in [0.15, 0.2) is 65.1 Å². The lowest BCUT2D eigenvalue weighted by Crippen LogP contribution is -2.48. The van der Waals surface area contributed by atoms with E-state index in [1.54, 1.807) is 6.08 Å². The standard InChI is InChI=1S/C20H18BrN3O2S/c21-15-9-6-13(7-10-15)8-11-18(25)22-20(27)24-23-19(26)17-12-16(17)14-4-2-1-3-5-14/h1-11,16-17H,12H2,(H,23,26)(H2,22,24,25,27). The zero-order valence-electron chi connectivity index (χ0n) is 14.3. The van der Waals surface area contributed by atoms with Crippen LogP contribution < -0.4 is 16.2 Å². The number of carbonyl (C=O) groups is 2. The zero-order valence-corrected chi connectivity index (χ0v) is 16.7. The van der Waals surface area contributed by atoms with E-state index in [-0.39, 0.29) is 28.8 Å². The van der Waals surface area contributed by atoms with Gasteiger partial charge < -0.3 is 0 Å². The summed E-state index contributed by atoms with van der Waals surface area (Å²) in [6.45, 7) is 0. The summed E-state index contributed by atoms with van der Waals surface area (Å²) in [6.07, 6.45) is 3.87. The molecule has 0 saturated heterocycles. The molecule has 2 aromatic carbocycles. The van der Waals surface area contributed by atoms with E-state index < -0.39 is 0 Å². The molecule has 2 atom stereocenters. The van der Waals surface area contributed by atoms with Gasteiger partial charge >= 0.3 is 0 Å². The van der Waals surface area contributed by atoms with Crippen molar-refractivity contribution in [1.82, 2.24) is 16.2 Å². The van der Waals surface area contributed by atoms with Crippen LogP contribution in [-0.4, -0.2) is 16.9 Å². The number of benzene rings is 2. The minimum atomic E-state index is -0.377. The van der Waals surface area contributed by atoms with Gasteiger partial charge in [0, 0.05) is 16.5 Å². The summed E-state index contributed by atoms with van der Waals surface area (Å²) in [4.78, 5) is 24.0. The number of thiocarbonyl (C=S) groups is 1. The van der Waals surface area contributed by atoms with Gasteiger partial charge in [-0.05, 0) is 53.9 Å². The third-order valence-electron chi connectivity index (χ3n) is 4.19. The summed E-state index contributed by atoms with van der Waals surface area (Å²) in [5.41, 5.74) is 7.18. The van der Waals surface area contributed by atoms with Crippen LogP contribution in [0.3, 0.4) is 0 Å². The minimum absolute atomic E-state index is 0.0470. The van der Waals surface area contributed by atoms with E-state index in [2.05, 4.69) is 32.1 Å². The molecule has 0 aromatic heterocycles. The lowest BCUT2D eigenvalue weighted by molar-refractivity contribution is -0.123. The Balaban J connectivity index is 1.40. The number of hydrazine groups is 1. The first kappa shape index (κ1) is 19.3. The third kappa shape index (κ3) is 5.74. The molecule has 0 bridgehead atoms. The highest BCUT2D eigenvalue weighted by Crippen LogP contribution is 2.47. The zero-order chi connectivity index (χ0) is 19.2. The lowest BCUT2D eigenvalue weighted by atomic mass is 10.1. The largest absolute Gasteiger partial charge is 0.298 e. The normalized spacial score (nSPS) is 18.0. The van der Waals surface area contributed by atoms with Crippen LogP contribution in [0.1, 0.15) is 23.5 Å². The van der Waals surface area contributed by atoms with Crippen molar-refractivity contribution in [3.63, 3.8) is 0 Å². The van der Waals surface area contributed by atoms with Crippen LogP contribution >= 0.6 is 28.1 Å². The van der Waals surface area contributed by atoms with Crippen molar-refractivity contribution in [2.45, 2.75) is 12.3 Å². The van der Waals surface area contributed by atoms with Gasteiger partial charge in [-0.15, -0.1) is 0 Å². The summed E-state index contributed by atoms with van der Waals surface area (Å²) in [5, 5.41) is 2.54. The van der Waals surface area contributed by atoms with E-state index in [0.717, 1.165) is 22.0 Å². The topological polar surface area (TPSA) is 70.2 Å². The fourth-order valence-corrected chi connectivity index (χ4v) is 3.11. The number of halogens is 1. The van der Waals surface area contributed by atoms with Gasteiger partial charge in [0.05, 0.1) is 0 Å². The molecule has 0 spiro atoms. The molecular weight excluding hydrogens is 426 g/mol. The fourth-order valence-electron chi connectivity index (χ4n) is 2.70. The Morgan fingerprint density at radius 1 is 1.04 bits per heavy atom. The van der Waals surface area contributed by atoms with E-state index >= 15 is 0 Å². The van der Waals surface area contributed by atoms with Crippen LogP contribution in [-0.2, 0) is 9.59 Å². The maximum Gasteiger partial charge on any atom is 0.250 e. The van der Waals surface area contributed by atoms with Gasteiger partial charge in [-0.1, -0.05) is 58.4 Å². The molecule has 3 rings (SSSR count). The smallest absolute Gasteiger partial charge is 0.250 e.